The molecule has 7 nitrogen and oxygen atoms in total. The Balaban J connectivity index is 1.92. The van der Waals surface area contributed by atoms with Crippen molar-refractivity contribution in [3.63, 3.8) is 0 Å². The van der Waals surface area contributed by atoms with Crippen LogP contribution in [0.5, 0.6) is 11.5 Å². The van der Waals surface area contributed by atoms with Crippen LogP contribution in [-0.2, 0) is 6.42 Å². The minimum Gasteiger partial charge on any atom is -0.493 e. The Labute approximate surface area is 183 Å². The quantitative estimate of drug-likeness (QED) is 0.743. The highest BCUT2D eigenvalue weighted by molar-refractivity contribution is 5.95. The Bertz CT molecular complexity index is 958. The normalized spacial score (nSPS) is 15.3. The predicted molar refractivity (Wildman–Crippen MR) is 120 cm³/mol. The van der Waals surface area contributed by atoms with Crippen LogP contribution in [0.25, 0.3) is 0 Å². The number of carbonyl (C=O) groups is 2. The second kappa shape index (κ2) is 9.73. The van der Waals surface area contributed by atoms with Crippen LogP contribution in [0.2, 0.25) is 0 Å². The van der Waals surface area contributed by atoms with Crippen molar-refractivity contribution < 1.29 is 19.1 Å². The lowest BCUT2D eigenvalue weighted by atomic mass is 9.91. The predicted octanol–water partition coefficient (Wildman–Crippen LogP) is 3.46. The van der Waals surface area contributed by atoms with Crippen molar-refractivity contribution >= 4 is 11.9 Å². The van der Waals surface area contributed by atoms with Crippen molar-refractivity contribution in [3.05, 3.63) is 58.7 Å². The highest BCUT2D eigenvalue weighted by Crippen LogP contribution is 2.38. The smallest absolute Gasteiger partial charge is 0.318 e. The van der Waals surface area contributed by atoms with Crippen molar-refractivity contribution in [2.24, 2.45) is 0 Å². The number of ether oxygens (including phenoxy) is 2. The lowest BCUT2D eigenvalue weighted by molar-refractivity contribution is 0.0933. The largest absolute Gasteiger partial charge is 0.493 e. The maximum Gasteiger partial charge on any atom is 0.318 e. The van der Waals surface area contributed by atoms with Gasteiger partial charge in [0, 0.05) is 24.7 Å². The summed E-state index contributed by atoms with van der Waals surface area (Å²) >= 11 is 0. The molecule has 0 unspecified atom stereocenters. The summed E-state index contributed by atoms with van der Waals surface area (Å²) in [6.45, 7) is 6.61. The van der Waals surface area contributed by atoms with E-state index in [9.17, 15) is 9.59 Å². The monoisotopic (exact) mass is 425 g/mol. The zero-order valence-electron chi connectivity index (χ0n) is 18.8. The zero-order valence-corrected chi connectivity index (χ0v) is 18.8. The van der Waals surface area contributed by atoms with E-state index < -0.39 is 0 Å². The second-order valence-corrected chi connectivity index (χ2v) is 7.99. The number of urea groups is 1. The number of aryl methyl sites for hydroxylation is 1. The second-order valence-electron chi connectivity index (χ2n) is 7.99. The molecule has 2 aromatic carbocycles. The van der Waals surface area contributed by atoms with E-state index in [0.717, 1.165) is 16.7 Å². The number of fused-ring (bicyclic) bond motifs is 1. The van der Waals surface area contributed by atoms with Gasteiger partial charge in [-0.2, -0.15) is 0 Å². The van der Waals surface area contributed by atoms with Crippen LogP contribution in [0.4, 0.5) is 4.79 Å². The van der Waals surface area contributed by atoms with Gasteiger partial charge in [-0.05, 0) is 62.1 Å². The van der Waals surface area contributed by atoms with Crippen molar-refractivity contribution in [1.82, 2.24) is 15.5 Å². The number of hydrogen-bond donors (Lipinski definition) is 2. The number of nitrogens with zero attached hydrogens (tertiary/aromatic N) is 1. The maximum absolute atomic E-state index is 12.9. The maximum atomic E-state index is 12.9. The Morgan fingerprint density at radius 1 is 1.13 bits per heavy atom. The first-order chi connectivity index (χ1) is 14.8. The van der Waals surface area contributed by atoms with Crippen LogP contribution in [0.15, 0.2) is 36.4 Å². The molecule has 1 atom stereocenters. The molecule has 1 heterocycles. The summed E-state index contributed by atoms with van der Waals surface area (Å²) in [6, 6.07) is 10.9. The fourth-order valence-electron chi connectivity index (χ4n) is 3.93. The fraction of sp³-hybridized carbons (Fsp3) is 0.417. The minimum absolute atomic E-state index is 0.0153. The molecule has 0 aliphatic carbocycles. The first-order valence-corrected chi connectivity index (χ1v) is 10.5. The molecule has 0 bridgehead atoms. The van der Waals surface area contributed by atoms with Gasteiger partial charge in [-0.3, -0.25) is 4.79 Å². The Morgan fingerprint density at radius 2 is 1.81 bits per heavy atom. The van der Waals surface area contributed by atoms with Gasteiger partial charge in [-0.15, -0.1) is 0 Å². The van der Waals surface area contributed by atoms with Gasteiger partial charge in [0.2, 0.25) is 0 Å². The van der Waals surface area contributed by atoms with Crippen LogP contribution < -0.4 is 20.1 Å². The van der Waals surface area contributed by atoms with Gasteiger partial charge in [-0.25, -0.2) is 4.79 Å². The molecule has 166 valence electrons. The van der Waals surface area contributed by atoms with E-state index >= 15 is 0 Å². The molecule has 1 aliphatic heterocycles. The fourth-order valence-corrected chi connectivity index (χ4v) is 3.93. The number of carbonyl (C=O) groups excluding carboxylic acids is 2. The number of nitrogens with one attached hydrogen (secondary N) is 2. The molecule has 2 N–H and O–H groups in total. The number of methoxy groups -OCH3 is 2. The van der Waals surface area contributed by atoms with Crippen molar-refractivity contribution in [1.29, 1.82) is 0 Å². The molecule has 0 spiro atoms. The Kier molecular flexibility index (Phi) is 7.05. The summed E-state index contributed by atoms with van der Waals surface area (Å²) in [6.07, 6.45) is 0.698. The Hall–Kier alpha value is -3.22. The van der Waals surface area contributed by atoms with Gasteiger partial charge in [0.05, 0.1) is 20.3 Å². The standard InChI is InChI=1S/C24H31N3O4/c1-15(2)26-24(29)27-11-10-17-12-21(30-4)22(31-5)13-19(17)20(27)14-25-23(28)18-9-7-6-8-16(18)3/h6-9,12-13,15,20H,10-11,14H2,1-5H3,(H,25,28)(H,26,29)/t20-/m1/s1. The SMILES string of the molecule is COc1cc2c(cc1OC)[C@@H](CNC(=O)c1ccccc1C)N(C(=O)NC(C)C)CC2. The molecule has 0 radical (unpaired) electrons. The first kappa shape index (κ1) is 22.5. The molecule has 0 saturated carbocycles. The van der Waals surface area contributed by atoms with Gasteiger partial charge in [-0.1, -0.05) is 18.2 Å². The van der Waals surface area contributed by atoms with Crippen molar-refractivity contribution in [3.8, 4) is 11.5 Å². The molecule has 7 heteroatoms. The molecular formula is C24H31N3O4. The first-order valence-electron chi connectivity index (χ1n) is 10.5. The lowest BCUT2D eigenvalue weighted by Gasteiger charge is -2.38. The molecular weight excluding hydrogens is 394 g/mol. The number of hydrogen-bond acceptors (Lipinski definition) is 4. The Morgan fingerprint density at radius 3 is 2.45 bits per heavy atom. The van der Waals surface area contributed by atoms with Gasteiger partial charge in [0.25, 0.3) is 5.91 Å². The van der Waals surface area contributed by atoms with Crippen LogP contribution >= 0.6 is 0 Å². The highest BCUT2D eigenvalue weighted by atomic mass is 16.5. The topological polar surface area (TPSA) is 79.9 Å². The van der Waals surface area contributed by atoms with Gasteiger partial charge < -0.3 is 25.0 Å². The van der Waals surface area contributed by atoms with Crippen LogP contribution in [0.3, 0.4) is 0 Å². The molecule has 3 amide bonds. The van der Waals surface area contributed by atoms with Crippen LogP contribution in [0, 0.1) is 6.92 Å². The summed E-state index contributed by atoms with van der Waals surface area (Å²) in [5, 5.41) is 5.99. The van der Waals surface area contributed by atoms with Crippen LogP contribution in [-0.4, -0.2) is 50.2 Å². The van der Waals surface area contributed by atoms with E-state index in [4.69, 9.17) is 9.47 Å². The molecule has 31 heavy (non-hydrogen) atoms. The number of amides is 3. The molecule has 3 rings (SSSR count). The summed E-state index contributed by atoms with van der Waals surface area (Å²) in [4.78, 5) is 27.5. The molecule has 0 saturated heterocycles. The molecule has 0 fully saturated rings. The summed E-state index contributed by atoms with van der Waals surface area (Å²) in [5.41, 5.74) is 3.57. The van der Waals surface area contributed by atoms with E-state index in [2.05, 4.69) is 10.6 Å². The molecule has 1 aliphatic rings. The molecule has 0 aromatic heterocycles. The number of benzene rings is 2. The summed E-state index contributed by atoms with van der Waals surface area (Å²) in [5.74, 6) is 1.10. The third kappa shape index (κ3) is 4.93. The van der Waals surface area contributed by atoms with E-state index in [1.807, 2.05) is 51.1 Å². The molecule has 2 aromatic rings. The number of rotatable bonds is 6. The third-order valence-electron chi connectivity index (χ3n) is 5.52. The van der Waals surface area contributed by atoms with Gasteiger partial charge in [0.1, 0.15) is 0 Å². The average molecular weight is 426 g/mol. The van der Waals surface area contributed by atoms with E-state index in [-0.39, 0.29) is 24.0 Å². The summed E-state index contributed by atoms with van der Waals surface area (Å²) in [7, 11) is 3.20. The average Bonchev–Trinajstić information content (AvgIpc) is 2.75. The zero-order chi connectivity index (χ0) is 22.5. The minimum atomic E-state index is -0.324. The highest BCUT2D eigenvalue weighted by Gasteiger charge is 2.33. The van der Waals surface area contributed by atoms with Crippen molar-refractivity contribution in [2.45, 2.75) is 39.3 Å². The lowest BCUT2D eigenvalue weighted by Crippen LogP contribution is -2.50. The van der Waals surface area contributed by atoms with E-state index in [1.54, 1.807) is 25.2 Å². The summed E-state index contributed by atoms with van der Waals surface area (Å²) < 4.78 is 10.9. The third-order valence-corrected chi connectivity index (χ3v) is 5.52. The van der Waals surface area contributed by atoms with Gasteiger partial charge >= 0.3 is 6.03 Å². The van der Waals surface area contributed by atoms with Crippen molar-refractivity contribution in [2.75, 3.05) is 27.3 Å². The van der Waals surface area contributed by atoms with Crippen LogP contribution in [0.1, 0.15) is 46.9 Å². The van der Waals surface area contributed by atoms with E-state index in [1.165, 1.54) is 0 Å². The van der Waals surface area contributed by atoms with E-state index in [0.29, 0.717) is 36.6 Å². The van der Waals surface area contributed by atoms with Gasteiger partial charge in [0.15, 0.2) is 11.5 Å².